The number of likely N-dealkylation sites (tertiary alicyclic amines) is 1. The molecule has 0 spiro atoms. The van der Waals surface area contributed by atoms with Crippen LogP contribution in [0.3, 0.4) is 0 Å². The number of piperidine rings is 1. The van der Waals surface area contributed by atoms with Crippen LogP contribution in [0.1, 0.15) is 43.0 Å². The highest BCUT2D eigenvalue weighted by molar-refractivity contribution is 5.98. The third kappa shape index (κ3) is 4.22. The summed E-state index contributed by atoms with van der Waals surface area (Å²) in [5.41, 5.74) is 6.64. The van der Waals surface area contributed by atoms with Gasteiger partial charge in [0, 0.05) is 37.2 Å². The van der Waals surface area contributed by atoms with Gasteiger partial charge in [0.2, 0.25) is 5.91 Å². The van der Waals surface area contributed by atoms with E-state index in [4.69, 9.17) is 5.73 Å². The normalized spacial score (nSPS) is 18.5. The average molecular weight is 353 g/mol. The summed E-state index contributed by atoms with van der Waals surface area (Å²) in [6.45, 7) is 3.06. The minimum absolute atomic E-state index is 0.0218. The van der Waals surface area contributed by atoms with E-state index in [0.29, 0.717) is 18.5 Å². The molecule has 2 aromatic carbocycles. The van der Waals surface area contributed by atoms with Crippen LogP contribution in [0.2, 0.25) is 0 Å². The zero-order chi connectivity index (χ0) is 18.5. The molecular formula is C21H27N3O2. The molecule has 1 fully saturated rings. The van der Waals surface area contributed by atoms with Crippen LogP contribution < -0.4 is 11.1 Å². The number of nitrogens with two attached hydrogens (primary N) is 1. The van der Waals surface area contributed by atoms with Gasteiger partial charge in [-0.05, 0) is 49.1 Å². The topological polar surface area (TPSA) is 75.4 Å². The van der Waals surface area contributed by atoms with Crippen molar-refractivity contribution < 1.29 is 9.59 Å². The van der Waals surface area contributed by atoms with Crippen molar-refractivity contribution in [2.24, 2.45) is 5.73 Å². The van der Waals surface area contributed by atoms with Gasteiger partial charge in [-0.1, -0.05) is 30.3 Å². The molecule has 3 rings (SSSR count). The Morgan fingerprint density at radius 1 is 1.19 bits per heavy atom. The van der Waals surface area contributed by atoms with Crippen molar-refractivity contribution in [2.75, 3.05) is 13.1 Å². The van der Waals surface area contributed by atoms with Crippen LogP contribution >= 0.6 is 0 Å². The molecule has 26 heavy (non-hydrogen) atoms. The third-order valence-electron chi connectivity index (χ3n) is 5.11. The quantitative estimate of drug-likeness (QED) is 0.868. The van der Waals surface area contributed by atoms with Crippen LogP contribution in [-0.4, -0.2) is 41.9 Å². The zero-order valence-electron chi connectivity index (χ0n) is 15.3. The Bertz CT molecular complexity index is 788. The first-order chi connectivity index (χ1) is 12.6. The van der Waals surface area contributed by atoms with E-state index < -0.39 is 0 Å². The number of rotatable bonds is 5. The van der Waals surface area contributed by atoms with Crippen molar-refractivity contribution in [3.8, 4) is 0 Å². The fourth-order valence-corrected chi connectivity index (χ4v) is 3.67. The average Bonchev–Trinajstić information content (AvgIpc) is 2.67. The molecule has 138 valence electrons. The standard InChI is InChI=1S/C21H27N3O2/c1-15(22)19-8-4-5-13-24(19)20(25)11-12-23-21(26)18-10-9-16-6-2-3-7-17(16)14-18/h2-3,6-7,9-10,14-15,19H,4-5,8,11-13,22H2,1H3,(H,23,26). The fourth-order valence-electron chi connectivity index (χ4n) is 3.67. The number of benzene rings is 2. The molecule has 5 nitrogen and oxygen atoms in total. The van der Waals surface area contributed by atoms with E-state index in [2.05, 4.69) is 5.32 Å². The Balaban J connectivity index is 1.54. The Kier molecular flexibility index (Phi) is 5.89. The number of carbonyl (C=O) groups excluding carboxylic acids is 2. The predicted octanol–water partition coefficient (Wildman–Crippen LogP) is 2.69. The number of nitrogens with one attached hydrogen (secondary N) is 1. The smallest absolute Gasteiger partial charge is 0.251 e. The van der Waals surface area contributed by atoms with E-state index in [9.17, 15) is 9.59 Å². The lowest BCUT2D eigenvalue weighted by atomic mass is 9.96. The van der Waals surface area contributed by atoms with Crippen LogP contribution in [0.25, 0.3) is 10.8 Å². The molecule has 2 atom stereocenters. The van der Waals surface area contributed by atoms with E-state index in [0.717, 1.165) is 36.6 Å². The molecule has 0 saturated carbocycles. The highest BCUT2D eigenvalue weighted by Crippen LogP contribution is 2.20. The Morgan fingerprint density at radius 3 is 2.73 bits per heavy atom. The maximum absolute atomic E-state index is 12.5. The Morgan fingerprint density at radius 2 is 1.96 bits per heavy atom. The van der Waals surface area contributed by atoms with Gasteiger partial charge < -0.3 is 16.0 Å². The lowest BCUT2D eigenvalue weighted by molar-refractivity contribution is -0.135. The molecule has 2 amide bonds. The second-order valence-electron chi connectivity index (χ2n) is 7.08. The summed E-state index contributed by atoms with van der Waals surface area (Å²) >= 11 is 0. The van der Waals surface area contributed by atoms with Crippen LogP contribution in [0, 0.1) is 0 Å². The maximum Gasteiger partial charge on any atom is 0.251 e. The molecule has 1 aliphatic heterocycles. The van der Waals surface area contributed by atoms with Gasteiger partial charge in [-0.15, -0.1) is 0 Å². The molecular weight excluding hydrogens is 326 g/mol. The Hall–Kier alpha value is -2.40. The molecule has 0 radical (unpaired) electrons. The highest BCUT2D eigenvalue weighted by atomic mass is 16.2. The van der Waals surface area contributed by atoms with Gasteiger partial charge in [-0.3, -0.25) is 9.59 Å². The van der Waals surface area contributed by atoms with Gasteiger partial charge in [0.05, 0.1) is 0 Å². The molecule has 0 aromatic heterocycles. The van der Waals surface area contributed by atoms with Gasteiger partial charge in [0.15, 0.2) is 0 Å². The van der Waals surface area contributed by atoms with Gasteiger partial charge >= 0.3 is 0 Å². The van der Waals surface area contributed by atoms with Crippen molar-refractivity contribution in [1.29, 1.82) is 0 Å². The van der Waals surface area contributed by atoms with Crippen LogP contribution in [0.5, 0.6) is 0 Å². The minimum atomic E-state index is -0.147. The second-order valence-corrected chi connectivity index (χ2v) is 7.08. The molecule has 1 heterocycles. The number of nitrogens with zero attached hydrogens (tertiary/aromatic N) is 1. The summed E-state index contributed by atoms with van der Waals surface area (Å²) in [5, 5.41) is 4.99. The predicted molar refractivity (Wildman–Crippen MR) is 104 cm³/mol. The molecule has 0 aliphatic carbocycles. The SMILES string of the molecule is CC(N)C1CCCCN1C(=O)CCNC(=O)c1ccc2ccccc2c1. The minimum Gasteiger partial charge on any atom is -0.352 e. The summed E-state index contributed by atoms with van der Waals surface area (Å²) in [5.74, 6) is -0.0725. The molecule has 2 unspecified atom stereocenters. The van der Waals surface area contributed by atoms with Crippen LogP contribution in [0.4, 0.5) is 0 Å². The van der Waals surface area contributed by atoms with E-state index in [1.165, 1.54) is 0 Å². The largest absolute Gasteiger partial charge is 0.352 e. The molecule has 5 heteroatoms. The molecule has 2 aromatic rings. The van der Waals surface area contributed by atoms with Crippen molar-refractivity contribution in [3.63, 3.8) is 0 Å². The zero-order valence-corrected chi connectivity index (χ0v) is 15.3. The number of amides is 2. The number of carbonyl (C=O) groups is 2. The summed E-state index contributed by atoms with van der Waals surface area (Å²) in [6.07, 6.45) is 3.42. The first-order valence-corrected chi connectivity index (χ1v) is 9.38. The third-order valence-corrected chi connectivity index (χ3v) is 5.11. The molecule has 1 aliphatic rings. The Labute approximate surface area is 154 Å². The molecule has 0 bridgehead atoms. The molecule has 3 N–H and O–H groups in total. The number of fused-ring (bicyclic) bond motifs is 1. The van der Waals surface area contributed by atoms with Crippen LogP contribution in [-0.2, 0) is 4.79 Å². The summed E-state index contributed by atoms with van der Waals surface area (Å²) < 4.78 is 0. The number of hydrogen-bond donors (Lipinski definition) is 2. The van der Waals surface area contributed by atoms with E-state index in [1.807, 2.05) is 54.3 Å². The maximum atomic E-state index is 12.5. The van der Waals surface area contributed by atoms with Gasteiger partial charge in [0.25, 0.3) is 5.91 Å². The monoisotopic (exact) mass is 353 g/mol. The van der Waals surface area contributed by atoms with Crippen molar-refractivity contribution in [3.05, 3.63) is 48.0 Å². The van der Waals surface area contributed by atoms with Crippen LogP contribution in [0.15, 0.2) is 42.5 Å². The summed E-state index contributed by atoms with van der Waals surface area (Å²) in [6, 6.07) is 13.7. The van der Waals surface area contributed by atoms with Crippen molar-refractivity contribution in [2.45, 2.75) is 44.7 Å². The summed E-state index contributed by atoms with van der Waals surface area (Å²) in [7, 11) is 0. The van der Waals surface area contributed by atoms with Crippen molar-refractivity contribution >= 4 is 22.6 Å². The first-order valence-electron chi connectivity index (χ1n) is 9.38. The molecule has 1 saturated heterocycles. The lowest BCUT2D eigenvalue weighted by Gasteiger charge is -2.38. The highest BCUT2D eigenvalue weighted by Gasteiger charge is 2.28. The van der Waals surface area contributed by atoms with Gasteiger partial charge in [-0.2, -0.15) is 0 Å². The van der Waals surface area contributed by atoms with Gasteiger partial charge in [-0.25, -0.2) is 0 Å². The van der Waals surface area contributed by atoms with Crippen molar-refractivity contribution in [1.82, 2.24) is 10.2 Å². The first kappa shape index (κ1) is 18.4. The van der Waals surface area contributed by atoms with E-state index >= 15 is 0 Å². The van der Waals surface area contributed by atoms with E-state index in [-0.39, 0.29) is 23.9 Å². The second kappa shape index (κ2) is 8.32. The van der Waals surface area contributed by atoms with E-state index in [1.54, 1.807) is 0 Å². The lowest BCUT2D eigenvalue weighted by Crippen LogP contribution is -2.52. The number of hydrogen-bond acceptors (Lipinski definition) is 3. The van der Waals surface area contributed by atoms with Gasteiger partial charge in [0.1, 0.15) is 0 Å². The summed E-state index contributed by atoms with van der Waals surface area (Å²) in [4.78, 5) is 26.8. The fraction of sp³-hybridized carbons (Fsp3) is 0.429.